The molecule has 2 aromatic rings. The first kappa shape index (κ1) is 18.8. The lowest BCUT2D eigenvalue weighted by Crippen LogP contribution is -2.52. The van der Waals surface area contributed by atoms with E-state index in [0.717, 1.165) is 11.3 Å². The first-order chi connectivity index (χ1) is 13.1. The van der Waals surface area contributed by atoms with Gasteiger partial charge in [-0.1, -0.05) is 36.9 Å². The van der Waals surface area contributed by atoms with Gasteiger partial charge in [-0.3, -0.25) is 19.6 Å². The van der Waals surface area contributed by atoms with Crippen molar-refractivity contribution in [2.24, 2.45) is 0 Å². The van der Waals surface area contributed by atoms with Crippen LogP contribution in [0.2, 0.25) is 0 Å². The first-order valence-corrected chi connectivity index (χ1v) is 9.04. The van der Waals surface area contributed by atoms with E-state index in [2.05, 4.69) is 16.5 Å². The fourth-order valence-electron chi connectivity index (χ4n) is 3.71. The summed E-state index contributed by atoms with van der Waals surface area (Å²) in [4.78, 5) is 37.3. The summed E-state index contributed by atoms with van der Waals surface area (Å²) in [6, 6.07) is 9.85. The summed E-state index contributed by atoms with van der Waals surface area (Å²) in [5, 5.41) is 0. The van der Waals surface area contributed by atoms with E-state index in [1.807, 2.05) is 30.3 Å². The SMILES string of the molecule is C=CC(=O)N1CCC(C(=O)N(C)Cc2cnccn2)(c2ccccc2)CC1. The Morgan fingerprint density at radius 1 is 1.22 bits per heavy atom. The van der Waals surface area contributed by atoms with Crippen molar-refractivity contribution >= 4 is 11.8 Å². The molecule has 2 amide bonds. The van der Waals surface area contributed by atoms with E-state index < -0.39 is 5.41 Å². The molecule has 0 aliphatic carbocycles. The summed E-state index contributed by atoms with van der Waals surface area (Å²) in [7, 11) is 1.79. The summed E-state index contributed by atoms with van der Waals surface area (Å²) >= 11 is 0. The van der Waals surface area contributed by atoms with Gasteiger partial charge in [-0.15, -0.1) is 0 Å². The predicted molar refractivity (Wildman–Crippen MR) is 103 cm³/mol. The molecule has 6 heteroatoms. The lowest BCUT2D eigenvalue weighted by Gasteiger charge is -2.42. The summed E-state index contributed by atoms with van der Waals surface area (Å²) < 4.78 is 0. The van der Waals surface area contributed by atoms with Crippen LogP contribution in [0.4, 0.5) is 0 Å². The average molecular weight is 364 g/mol. The van der Waals surface area contributed by atoms with Gasteiger partial charge in [-0.05, 0) is 24.5 Å². The zero-order valence-electron chi connectivity index (χ0n) is 15.5. The second-order valence-electron chi connectivity index (χ2n) is 6.84. The third kappa shape index (κ3) is 3.89. The largest absolute Gasteiger partial charge is 0.339 e. The second-order valence-corrected chi connectivity index (χ2v) is 6.84. The van der Waals surface area contributed by atoms with E-state index in [4.69, 9.17) is 0 Å². The summed E-state index contributed by atoms with van der Waals surface area (Å²) in [6.45, 7) is 5.03. The molecule has 1 fully saturated rings. The number of carbonyl (C=O) groups excluding carboxylic acids is 2. The average Bonchev–Trinajstić information content (AvgIpc) is 2.74. The van der Waals surface area contributed by atoms with Gasteiger partial charge in [0, 0.05) is 32.5 Å². The molecule has 140 valence electrons. The molecule has 27 heavy (non-hydrogen) atoms. The van der Waals surface area contributed by atoms with Crippen LogP contribution in [0.3, 0.4) is 0 Å². The highest BCUT2D eigenvalue weighted by Crippen LogP contribution is 2.37. The zero-order valence-corrected chi connectivity index (χ0v) is 15.5. The van der Waals surface area contributed by atoms with Crippen molar-refractivity contribution in [1.29, 1.82) is 0 Å². The quantitative estimate of drug-likeness (QED) is 0.763. The smallest absolute Gasteiger partial charge is 0.245 e. The summed E-state index contributed by atoms with van der Waals surface area (Å²) in [6.07, 6.45) is 7.41. The van der Waals surface area contributed by atoms with Crippen LogP contribution in [0.25, 0.3) is 0 Å². The molecule has 1 saturated heterocycles. The van der Waals surface area contributed by atoms with E-state index in [9.17, 15) is 9.59 Å². The Labute approximate surface area is 159 Å². The minimum atomic E-state index is -0.643. The number of carbonyl (C=O) groups is 2. The third-order valence-corrected chi connectivity index (χ3v) is 5.20. The van der Waals surface area contributed by atoms with Crippen molar-refractivity contribution in [3.63, 3.8) is 0 Å². The predicted octanol–water partition coefficient (Wildman–Crippen LogP) is 2.18. The van der Waals surface area contributed by atoms with Crippen LogP contribution in [0.5, 0.6) is 0 Å². The van der Waals surface area contributed by atoms with Crippen molar-refractivity contribution in [2.75, 3.05) is 20.1 Å². The highest BCUT2D eigenvalue weighted by Gasteiger charge is 2.44. The van der Waals surface area contributed by atoms with E-state index >= 15 is 0 Å². The molecule has 3 rings (SSSR count). The number of likely N-dealkylation sites (tertiary alicyclic amines) is 1. The normalized spacial score (nSPS) is 15.8. The van der Waals surface area contributed by atoms with Crippen LogP contribution >= 0.6 is 0 Å². The molecule has 0 unspecified atom stereocenters. The van der Waals surface area contributed by atoms with Crippen LogP contribution in [-0.4, -0.2) is 51.7 Å². The molecule has 0 atom stereocenters. The Bertz CT molecular complexity index is 799. The van der Waals surface area contributed by atoms with Gasteiger partial charge in [0.05, 0.1) is 23.9 Å². The number of hydrogen-bond acceptors (Lipinski definition) is 4. The fourth-order valence-corrected chi connectivity index (χ4v) is 3.71. The monoisotopic (exact) mass is 364 g/mol. The maximum absolute atomic E-state index is 13.5. The number of benzene rings is 1. The first-order valence-electron chi connectivity index (χ1n) is 9.04. The highest BCUT2D eigenvalue weighted by molar-refractivity contribution is 5.90. The van der Waals surface area contributed by atoms with Crippen LogP contribution in [-0.2, 0) is 21.5 Å². The molecule has 1 aromatic heterocycles. The molecule has 6 nitrogen and oxygen atoms in total. The van der Waals surface area contributed by atoms with Crippen molar-refractivity contribution in [3.05, 3.63) is 72.8 Å². The molecule has 0 spiro atoms. The standard InChI is InChI=1S/C21H24N4O2/c1-3-19(26)25-13-9-21(10-14-25,17-7-5-4-6-8-17)20(27)24(2)16-18-15-22-11-12-23-18/h3-8,11-12,15H,1,9-10,13-14,16H2,2H3. The fraction of sp³-hybridized carbons (Fsp3) is 0.333. The highest BCUT2D eigenvalue weighted by atomic mass is 16.2. The van der Waals surface area contributed by atoms with E-state index in [0.29, 0.717) is 32.5 Å². The van der Waals surface area contributed by atoms with Gasteiger partial charge in [0.15, 0.2) is 0 Å². The topological polar surface area (TPSA) is 66.4 Å². The molecular weight excluding hydrogens is 340 g/mol. The number of hydrogen-bond donors (Lipinski definition) is 0. The van der Waals surface area contributed by atoms with Gasteiger partial charge in [0.1, 0.15) is 0 Å². The van der Waals surface area contributed by atoms with Gasteiger partial charge in [0.25, 0.3) is 0 Å². The summed E-state index contributed by atoms with van der Waals surface area (Å²) in [5.41, 5.74) is 1.10. The molecule has 0 saturated carbocycles. The van der Waals surface area contributed by atoms with Crippen LogP contribution < -0.4 is 0 Å². The zero-order chi connectivity index (χ0) is 19.3. The Morgan fingerprint density at radius 2 is 1.93 bits per heavy atom. The van der Waals surface area contributed by atoms with Crippen LogP contribution in [0.1, 0.15) is 24.1 Å². The minimum Gasteiger partial charge on any atom is -0.339 e. The van der Waals surface area contributed by atoms with Gasteiger partial charge in [0.2, 0.25) is 11.8 Å². The third-order valence-electron chi connectivity index (χ3n) is 5.20. The van der Waals surface area contributed by atoms with Crippen molar-refractivity contribution in [3.8, 4) is 0 Å². The lowest BCUT2D eigenvalue weighted by atomic mass is 9.71. The maximum Gasteiger partial charge on any atom is 0.245 e. The van der Waals surface area contributed by atoms with E-state index in [1.54, 1.807) is 35.4 Å². The molecule has 1 aliphatic rings. The number of aromatic nitrogens is 2. The maximum atomic E-state index is 13.5. The Kier molecular flexibility index (Phi) is 5.64. The van der Waals surface area contributed by atoms with E-state index in [1.165, 1.54) is 6.08 Å². The molecule has 2 heterocycles. The molecule has 0 N–H and O–H groups in total. The van der Waals surface area contributed by atoms with Crippen LogP contribution in [0, 0.1) is 0 Å². The van der Waals surface area contributed by atoms with Crippen molar-refractivity contribution in [2.45, 2.75) is 24.8 Å². The number of rotatable bonds is 5. The van der Waals surface area contributed by atoms with Crippen LogP contribution in [0.15, 0.2) is 61.6 Å². The van der Waals surface area contributed by atoms with Gasteiger partial charge < -0.3 is 9.80 Å². The Morgan fingerprint density at radius 3 is 2.52 bits per heavy atom. The molecule has 0 bridgehead atoms. The molecular formula is C21H24N4O2. The molecule has 1 aromatic carbocycles. The molecule has 1 aliphatic heterocycles. The van der Waals surface area contributed by atoms with E-state index in [-0.39, 0.29) is 11.8 Å². The number of amides is 2. The van der Waals surface area contributed by atoms with Gasteiger partial charge in [-0.2, -0.15) is 0 Å². The molecule has 0 radical (unpaired) electrons. The number of likely N-dealkylation sites (N-methyl/N-ethyl adjacent to an activating group) is 1. The number of piperidine rings is 1. The summed E-state index contributed by atoms with van der Waals surface area (Å²) in [5.74, 6) is -0.0397. The Balaban J connectivity index is 1.86. The number of nitrogens with zero attached hydrogens (tertiary/aromatic N) is 4. The minimum absolute atomic E-state index is 0.0463. The lowest BCUT2D eigenvalue weighted by molar-refractivity contribution is -0.141. The van der Waals surface area contributed by atoms with Crippen molar-refractivity contribution in [1.82, 2.24) is 19.8 Å². The van der Waals surface area contributed by atoms with Gasteiger partial charge in [-0.25, -0.2) is 0 Å². The van der Waals surface area contributed by atoms with Gasteiger partial charge >= 0.3 is 0 Å². The second kappa shape index (κ2) is 8.12. The Hall–Kier alpha value is -3.02. The van der Waals surface area contributed by atoms with Crippen molar-refractivity contribution < 1.29 is 9.59 Å².